The van der Waals surface area contributed by atoms with Crippen LogP contribution in [0.2, 0.25) is 0 Å². The van der Waals surface area contributed by atoms with E-state index in [4.69, 9.17) is 0 Å². The van der Waals surface area contributed by atoms with Gasteiger partial charge in [0.25, 0.3) is 0 Å². The fraction of sp³-hybridized carbons (Fsp3) is 0.556. The summed E-state index contributed by atoms with van der Waals surface area (Å²) in [6.45, 7) is 4.10. The van der Waals surface area contributed by atoms with E-state index in [-0.39, 0.29) is 5.97 Å². The van der Waals surface area contributed by atoms with Crippen molar-refractivity contribution < 1.29 is 9.53 Å². The van der Waals surface area contributed by atoms with Crippen molar-refractivity contribution in [3.05, 3.63) is 18.2 Å². The Morgan fingerprint density at radius 2 is 2.43 bits per heavy atom. The summed E-state index contributed by atoms with van der Waals surface area (Å²) >= 11 is 0. The van der Waals surface area contributed by atoms with Gasteiger partial charge in [0.05, 0.1) is 13.4 Å². The minimum Gasteiger partial charge on any atom is -0.468 e. The fourth-order valence-electron chi connectivity index (χ4n) is 1.02. The van der Waals surface area contributed by atoms with E-state index in [9.17, 15) is 4.79 Å². The Hall–Kier alpha value is -1.36. The number of ether oxygens (including phenoxy) is 1. The molecule has 0 fully saturated rings. The van der Waals surface area contributed by atoms with Crippen molar-refractivity contribution in [2.24, 2.45) is 0 Å². The molecule has 1 heterocycles. The third-order valence-corrected chi connectivity index (χ3v) is 1.97. The number of imidazole rings is 1. The van der Waals surface area contributed by atoms with Crippen molar-refractivity contribution in [2.45, 2.75) is 25.9 Å². The molecule has 0 aliphatic rings. The van der Waals surface area contributed by atoms with Crippen molar-refractivity contribution in [3.63, 3.8) is 0 Å². The molecule has 0 aliphatic carbocycles. The largest absolute Gasteiger partial charge is 0.468 e. The first-order chi connectivity index (χ1) is 6.56. The summed E-state index contributed by atoms with van der Waals surface area (Å²) in [5, 5.41) is 3.07. The van der Waals surface area contributed by atoms with Crippen molar-refractivity contribution in [1.29, 1.82) is 0 Å². The Morgan fingerprint density at radius 3 is 2.93 bits per heavy atom. The summed E-state index contributed by atoms with van der Waals surface area (Å²) in [6.07, 6.45) is 3.31. The fourth-order valence-corrected chi connectivity index (χ4v) is 1.02. The zero-order valence-electron chi connectivity index (χ0n) is 8.63. The topological polar surface area (TPSA) is 67.0 Å². The Kier molecular flexibility index (Phi) is 3.24. The number of esters is 1. The van der Waals surface area contributed by atoms with Crippen molar-refractivity contribution in [2.75, 3.05) is 7.11 Å². The zero-order chi connectivity index (χ0) is 10.6. The van der Waals surface area contributed by atoms with Crippen molar-refractivity contribution in [3.8, 4) is 0 Å². The monoisotopic (exact) mass is 197 g/mol. The summed E-state index contributed by atoms with van der Waals surface area (Å²) in [6, 6.07) is 0. The SMILES string of the molecule is COC(=O)C(C)(C)NCc1cnc[nH]1. The molecule has 5 heteroatoms. The summed E-state index contributed by atoms with van der Waals surface area (Å²) in [5.41, 5.74) is 0.252. The van der Waals surface area contributed by atoms with Gasteiger partial charge in [-0.25, -0.2) is 4.98 Å². The highest BCUT2D eigenvalue weighted by atomic mass is 16.5. The minimum absolute atomic E-state index is 0.281. The summed E-state index contributed by atoms with van der Waals surface area (Å²) in [7, 11) is 1.38. The average Bonchev–Trinajstić information content (AvgIpc) is 2.66. The molecule has 0 aliphatic heterocycles. The number of rotatable bonds is 4. The van der Waals surface area contributed by atoms with Gasteiger partial charge in [-0.1, -0.05) is 0 Å². The molecule has 0 radical (unpaired) electrons. The first-order valence-corrected chi connectivity index (χ1v) is 4.37. The highest BCUT2D eigenvalue weighted by Gasteiger charge is 2.27. The first kappa shape index (κ1) is 10.7. The minimum atomic E-state index is -0.681. The highest BCUT2D eigenvalue weighted by molar-refractivity contribution is 5.79. The molecule has 0 spiro atoms. The van der Waals surface area contributed by atoms with Gasteiger partial charge in [0.15, 0.2) is 0 Å². The van der Waals surface area contributed by atoms with Crippen LogP contribution in [-0.4, -0.2) is 28.6 Å². The van der Waals surface area contributed by atoms with E-state index >= 15 is 0 Å². The van der Waals surface area contributed by atoms with Crippen LogP contribution in [0.15, 0.2) is 12.5 Å². The zero-order valence-corrected chi connectivity index (χ0v) is 8.63. The van der Waals surface area contributed by atoms with Crippen LogP contribution in [0.25, 0.3) is 0 Å². The summed E-state index contributed by atoms with van der Waals surface area (Å²) < 4.78 is 4.66. The number of nitrogens with zero attached hydrogens (tertiary/aromatic N) is 1. The summed E-state index contributed by atoms with van der Waals surface area (Å²) in [5.74, 6) is -0.281. The van der Waals surface area contributed by atoms with Gasteiger partial charge in [0, 0.05) is 18.4 Å². The van der Waals surface area contributed by atoms with Crippen LogP contribution in [0, 0.1) is 0 Å². The van der Waals surface area contributed by atoms with Crippen molar-refractivity contribution in [1.82, 2.24) is 15.3 Å². The van der Waals surface area contributed by atoms with Gasteiger partial charge in [0.1, 0.15) is 5.54 Å². The number of hydrogen-bond donors (Lipinski definition) is 2. The van der Waals surface area contributed by atoms with Crippen LogP contribution in [-0.2, 0) is 16.1 Å². The Labute approximate surface area is 82.9 Å². The van der Waals surface area contributed by atoms with Gasteiger partial charge in [-0.05, 0) is 13.8 Å². The molecule has 0 atom stereocenters. The molecule has 78 valence electrons. The van der Waals surface area contributed by atoms with Crippen LogP contribution in [0.4, 0.5) is 0 Å². The van der Waals surface area contributed by atoms with Crippen molar-refractivity contribution >= 4 is 5.97 Å². The van der Waals surface area contributed by atoms with Gasteiger partial charge < -0.3 is 9.72 Å². The molecule has 1 rings (SSSR count). The number of carbonyl (C=O) groups excluding carboxylic acids is 1. The third kappa shape index (κ3) is 2.56. The van der Waals surface area contributed by atoms with Crippen LogP contribution in [0.3, 0.4) is 0 Å². The average molecular weight is 197 g/mol. The Bertz CT molecular complexity index is 293. The van der Waals surface area contributed by atoms with Gasteiger partial charge in [0.2, 0.25) is 0 Å². The van der Waals surface area contributed by atoms with E-state index in [0.29, 0.717) is 6.54 Å². The molecule has 5 nitrogen and oxygen atoms in total. The lowest BCUT2D eigenvalue weighted by atomic mass is 10.1. The highest BCUT2D eigenvalue weighted by Crippen LogP contribution is 2.05. The van der Waals surface area contributed by atoms with Gasteiger partial charge in [-0.2, -0.15) is 0 Å². The van der Waals surface area contributed by atoms with E-state index in [1.54, 1.807) is 26.4 Å². The molecule has 1 aromatic rings. The predicted molar refractivity (Wildman–Crippen MR) is 51.5 cm³/mol. The first-order valence-electron chi connectivity index (χ1n) is 4.37. The smallest absolute Gasteiger partial charge is 0.325 e. The number of aromatic nitrogens is 2. The molecule has 0 saturated carbocycles. The quantitative estimate of drug-likeness (QED) is 0.688. The molecule has 14 heavy (non-hydrogen) atoms. The standard InChI is InChI=1S/C9H15N3O2/c1-9(2,8(13)14-3)12-5-7-4-10-6-11-7/h4,6,12H,5H2,1-3H3,(H,10,11). The van der Waals surface area contributed by atoms with E-state index in [2.05, 4.69) is 20.0 Å². The molecule has 0 amide bonds. The van der Waals surface area contributed by atoms with Gasteiger partial charge >= 0.3 is 5.97 Å². The van der Waals surface area contributed by atoms with E-state index < -0.39 is 5.54 Å². The van der Waals surface area contributed by atoms with E-state index in [0.717, 1.165) is 5.69 Å². The Balaban J connectivity index is 2.48. The molecular formula is C9H15N3O2. The maximum Gasteiger partial charge on any atom is 0.325 e. The van der Waals surface area contributed by atoms with Gasteiger partial charge in [-0.3, -0.25) is 10.1 Å². The lowest BCUT2D eigenvalue weighted by Gasteiger charge is -2.22. The number of nitrogens with one attached hydrogen (secondary N) is 2. The Morgan fingerprint density at radius 1 is 1.71 bits per heavy atom. The molecule has 0 saturated heterocycles. The predicted octanol–water partition coefficient (Wildman–Crippen LogP) is 0.451. The molecule has 1 aromatic heterocycles. The van der Waals surface area contributed by atoms with E-state index in [1.807, 2.05) is 0 Å². The molecule has 0 unspecified atom stereocenters. The second-order valence-corrected chi connectivity index (χ2v) is 3.55. The normalized spacial score (nSPS) is 11.4. The van der Waals surface area contributed by atoms with E-state index in [1.165, 1.54) is 7.11 Å². The second-order valence-electron chi connectivity index (χ2n) is 3.55. The molecule has 2 N–H and O–H groups in total. The maximum atomic E-state index is 11.3. The third-order valence-electron chi connectivity index (χ3n) is 1.97. The van der Waals surface area contributed by atoms with Gasteiger partial charge in [-0.15, -0.1) is 0 Å². The number of aromatic amines is 1. The summed E-state index contributed by atoms with van der Waals surface area (Å²) in [4.78, 5) is 18.1. The molecule has 0 bridgehead atoms. The number of methoxy groups -OCH3 is 1. The molecular weight excluding hydrogens is 182 g/mol. The van der Waals surface area contributed by atoms with Crippen LogP contribution < -0.4 is 5.32 Å². The number of H-pyrrole nitrogens is 1. The number of carbonyl (C=O) groups is 1. The molecule has 0 aromatic carbocycles. The lowest BCUT2D eigenvalue weighted by Crippen LogP contribution is -2.47. The van der Waals surface area contributed by atoms with Crippen LogP contribution in [0.1, 0.15) is 19.5 Å². The lowest BCUT2D eigenvalue weighted by molar-refractivity contribution is -0.147. The van der Waals surface area contributed by atoms with Crippen LogP contribution in [0.5, 0.6) is 0 Å². The number of hydrogen-bond acceptors (Lipinski definition) is 4. The van der Waals surface area contributed by atoms with Crippen LogP contribution >= 0.6 is 0 Å². The second kappa shape index (κ2) is 4.23. The maximum absolute atomic E-state index is 11.3.